The van der Waals surface area contributed by atoms with Crippen LogP contribution in [0.3, 0.4) is 0 Å². The fraction of sp³-hybridized carbons (Fsp3) is 0.167. The summed E-state index contributed by atoms with van der Waals surface area (Å²) in [5.41, 5.74) is 2.71. The Morgan fingerprint density at radius 2 is 1.78 bits per heavy atom. The van der Waals surface area contributed by atoms with Crippen molar-refractivity contribution in [2.45, 2.75) is 13.0 Å². The Balaban J connectivity index is 1.77. The van der Waals surface area contributed by atoms with Crippen molar-refractivity contribution in [1.82, 2.24) is 19.7 Å². The quantitative estimate of drug-likeness (QED) is 0.744. The van der Waals surface area contributed by atoms with E-state index in [9.17, 15) is 4.79 Å². The van der Waals surface area contributed by atoms with Gasteiger partial charge in [0.1, 0.15) is 12.7 Å². The molecule has 0 radical (unpaired) electrons. The van der Waals surface area contributed by atoms with E-state index in [1.54, 1.807) is 15.9 Å². The lowest BCUT2D eigenvalue weighted by Gasteiger charge is -2.25. The molecule has 0 fully saturated rings. The Morgan fingerprint density at radius 3 is 2.39 bits per heavy atom. The lowest BCUT2D eigenvalue weighted by atomic mass is 10.1. The van der Waals surface area contributed by atoms with E-state index in [1.165, 1.54) is 6.33 Å². The zero-order chi connectivity index (χ0) is 16.2. The van der Waals surface area contributed by atoms with Gasteiger partial charge in [0.2, 0.25) is 0 Å². The monoisotopic (exact) mass is 306 g/mol. The van der Waals surface area contributed by atoms with Crippen LogP contribution in [-0.2, 0) is 0 Å². The van der Waals surface area contributed by atoms with Crippen molar-refractivity contribution < 1.29 is 4.79 Å². The molecular weight excluding hydrogens is 288 g/mol. The number of hydrogen-bond donors (Lipinski definition) is 0. The third-order valence-electron chi connectivity index (χ3n) is 3.98. The molecule has 1 atom stereocenters. The SMILES string of the molecule is CC(c1ccc(-n2cncn2)cc1)N(C)C(=O)c1ccccc1. The summed E-state index contributed by atoms with van der Waals surface area (Å²) in [5.74, 6) is 0.0125. The van der Waals surface area contributed by atoms with Crippen LogP contribution in [0.4, 0.5) is 0 Å². The summed E-state index contributed by atoms with van der Waals surface area (Å²) >= 11 is 0. The third kappa shape index (κ3) is 3.13. The fourth-order valence-electron chi connectivity index (χ4n) is 2.43. The van der Waals surface area contributed by atoms with Crippen molar-refractivity contribution in [3.63, 3.8) is 0 Å². The number of benzene rings is 2. The Hall–Kier alpha value is -2.95. The van der Waals surface area contributed by atoms with Crippen LogP contribution in [0, 0.1) is 0 Å². The van der Waals surface area contributed by atoms with E-state index < -0.39 is 0 Å². The molecule has 1 unspecified atom stereocenters. The molecule has 1 aromatic heterocycles. The normalized spacial score (nSPS) is 11.9. The van der Waals surface area contributed by atoms with Crippen LogP contribution < -0.4 is 0 Å². The second kappa shape index (κ2) is 6.44. The lowest BCUT2D eigenvalue weighted by Crippen LogP contribution is -2.29. The fourth-order valence-corrected chi connectivity index (χ4v) is 2.43. The molecular formula is C18H18N4O. The number of carbonyl (C=O) groups is 1. The predicted octanol–water partition coefficient (Wildman–Crippen LogP) is 3.10. The Kier molecular flexibility index (Phi) is 4.19. The molecule has 0 bridgehead atoms. The van der Waals surface area contributed by atoms with Gasteiger partial charge in [0.15, 0.2) is 0 Å². The molecule has 0 spiro atoms. The molecule has 2 aromatic carbocycles. The molecule has 116 valence electrons. The summed E-state index contributed by atoms with van der Waals surface area (Å²) < 4.78 is 1.70. The van der Waals surface area contributed by atoms with Crippen LogP contribution in [0.1, 0.15) is 28.9 Å². The van der Waals surface area contributed by atoms with Crippen LogP contribution >= 0.6 is 0 Å². The second-order valence-corrected chi connectivity index (χ2v) is 5.39. The maximum atomic E-state index is 12.5. The van der Waals surface area contributed by atoms with Gasteiger partial charge in [-0.2, -0.15) is 5.10 Å². The molecule has 5 nitrogen and oxygen atoms in total. The van der Waals surface area contributed by atoms with Gasteiger partial charge in [-0.15, -0.1) is 0 Å². The topological polar surface area (TPSA) is 51.0 Å². The first-order valence-corrected chi connectivity index (χ1v) is 7.44. The maximum Gasteiger partial charge on any atom is 0.254 e. The van der Waals surface area contributed by atoms with Gasteiger partial charge in [0.05, 0.1) is 11.7 Å². The molecule has 23 heavy (non-hydrogen) atoms. The van der Waals surface area contributed by atoms with E-state index in [4.69, 9.17) is 0 Å². The summed E-state index contributed by atoms with van der Waals surface area (Å²) in [4.78, 5) is 18.2. The van der Waals surface area contributed by atoms with Gasteiger partial charge < -0.3 is 4.90 Å². The first-order chi connectivity index (χ1) is 11.2. The molecule has 0 N–H and O–H groups in total. The van der Waals surface area contributed by atoms with Gasteiger partial charge in [0, 0.05) is 12.6 Å². The van der Waals surface area contributed by atoms with Crippen molar-refractivity contribution in [3.8, 4) is 5.69 Å². The highest BCUT2D eigenvalue weighted by Gasteiger charge is 2.18. The maximum absolute atomic E-state index is 12.5. The van der Waals surface area contributed by atoms with Crippen LogP contribution in [0.5, 0.6) is 0 Å². The number of aromatic nitrogens is 3. The Bertz CT molecular complexity index is 767. The molecule has 0 aliphatic carbocycles. The molecule has 3 aromatic rings. The molecule has 1 amide bonds. The summed E-state index contributed by atoms with van der Waals surface area (Å²) in [6.07, 6.45) is 3.16. The first-order valence-electron chi connectivity index (χ1n) is 7.44. The van der Waals surface area contributed by atoms with Gasteiger partial charge >= 0.3 is 0 Å². The zero-order valence-electron chi connectivity index (χ0n) is 13.1. The van der Waals surface area contributed by atoms with E-state index in [2.05, 4.69) is 10.1 Å². The number of carbonyl (C=O) groups excluding carboxylic acids is 1. The predicted molar refractivity (Wildman–Crippen MR) is 88.3 cm³/mol. The molecule has 0 saturated carbocycles. The highest BCUT2D eigenvalue weighted by molar-refractivity contribution is 5.94. The molecule has 1 heterocycles. The van der Waals surface area contributed by atoms with Crippen molar-refractivity contribution in [2.75, 3.05) is 7.05 Å². The summed E-state index contributed by atoms with van der Waals surface area (Å²) in [6.45, 7) is 2.02. The van der Waals surface area contributed by atoms with Crippen LogP contribution in [0.25, 0.3) is 5.69 Å². The molecule has 0 aliphatic heterocycles. The van der Waals surface area contributed by atoms with E-state index in [1.807, 2.05) is 68.6 Å². The first kappa shape index (κ1) is 15.0. The molecule has 3 rings (SSSR count). The number of amides is 1. The minimum Gasteiger partial charge on any atom is -0.335 e. The van der Waals surface area contributed by atoms with Crippen molar-refractivity contribution in [1.29, 1.82) is 0 Å². The smallest absolute Gasteiger partial charge is 0.254 e. The third-order valence-corrected chi connectivity index (χ3v) is 3.98. The minimum absolute atomic E-state index is 0.0125. The average Bonchev–Trinajstić information content (AvgIpc) is 3.15. The van der Waals surface area contributed by atoms with Gasteiger partial charge in [-0.05, 0) is 36.8 Å². The van der Waals surface area contributed by atoms with Crippen molar-refractivity contribution in [3.05, 3.63) is 78.4 Å². The van der Waals surface area contributed by atoms with E-state index in [0.717, 1.165) is 11.3 Å². The van der Waals surface area contributed by atoms with Crippen LogP contribution in [0.15, 0.2) is 67.3 Å². The lowest BCUT2D eigenvalue weighted by molar-refractivity contribution is 0.0742. The van der Waals surface area contributed by atoms with Crippen molar-refractivity contribution >= 4 is 5.91 Å². The largest absolute Gasteiger partial charge is 0.335 e. The van der Waals surface area contributed by atoms with Gasteiger partial charge in [0.25, 0.3) is 5.91 Å². The summed E-state index contributed by atoms with van der Waals surface area (Å²) in [5, 5.41) is 4.11. The molecule has 0 aliphatic rings. The highest BCUT2D eigenvalue weighted by Crippen LogP contribution is 2.22. The van der Waals surface area contributed by atoms with E-state index in [-0.39, 0.29) is 11.9 Å². The number of nitrogens with zero attached hydrogens (tertiary/aromatic N) is 4. The number of rotatable bonds is 4. The van der Waals surface area contributed by atoms with Gasteiger partial charge in [-0.3, -0.25) is 4.79 Å². The molecule has 5 heteroatoms. The summed E-state index contributed by atoms with van der Waals surface area (Å²) in [6, 6.07) is 17.3. The Labute approximate surface area is 135 Å². The second-order valence-electron chi connectivity index (χ2n) is 5.39. The average molecular weight is 306 g/mol. The van der Waals surface area contributed by atoms with Crippen LogP contribution in [0.2, 0.25) is 0 Å². The van der Waals surface area contributed by atoms with Gasteiger partial charge in [-0.25, -0.2) is 9.67 Å². The van der Waals surface area contributed by atoms with E-state index in [0.29, 0.717) is 5.56 Å². The summed E-state index contributed by atoms with van der Waals surface area (Å²) in [7, 11) is 1.82. The zero-order valence-corrected chi connectivity index (χ0v) is 13.1. The standard InChI is InChI=1S/C18H18N4O/c1-14(21(2)18(23)16-6-4-3-5-7-16)15-8-10-17(11-9-15)22-13-19-12-20-22/h3-14H,1-2H3. The van der Waals surface area contributed by atoms with E-state index >= 15 is 0 Å². The Morgan fingerprint density at radius 1 is 1.09 bits per heavy atom. The molecule has 0 saturated heterocycles. The minimum atomic E-state index is -0.0208. The van der Waals surface area contributed by atoms with Crippen LogP contribution in [-0.4, -0.2) is 32.6 Å². The highest BCUT2D eigenvalue weighted by atomic mass is 16.2. The van der Waals surface area contributed by atoms with Crippen molar-refractivity contribution in [2.24, 2.45) is 0 Å². The number of hydrogen-bond acceptors (Lipinski definition) is 3. The van der Waals surface area contributed by atoms with Gasteiger partial charge in [-0.1, -0.05) is 30.3 Å².